The number of benzene rings is 2. The van der Waals surface area contributed by atoms with Crippen molar-refractivity contribution in [2.45, 2.75) is 13.0 Å². The smallest absolute Gasteiger partial charge is 0.326 e. The predicted octanol–water partition coefficient (Wildman–Crippen LogP) is 1.99. The first-order valence-corrected chi connectivity index (χ1v) is 8.08. The van der Waals surface area contributed by atoms with E-state index in [1.54, 1.807) is 12.1 Å². The van der Waals surface area contributed by atoms with Crippen molar-refractivity contribution in [2.24, 2.45) is 0 Å². The van der Waals surface area contributed by atoms with Gasteiger partial charge in [0.2, 0.25) is 0 Å². The van der Waals surface area contributed by atoms with E-state index in [0.717, 1.165) is 4.90 Å². The second-order valence-electron chi connectivity index (χ2n) is 5.84. The molecule has 1 aliphatic heterocycles. The van der Waals surface area contributed by atoms with Crippen molar-refractivity contribution in [1.82, 2.24) is 4.90 Å². The number of ether oxygens (including phenoxy) is 1. The molecule has 7 nitrogen and oxygen atoms in total. The molecule has 1 atom stereocenters. The molecule has 0 radical (unpaired) electrons. The molecule has 2 aromatic rings. The molecule has 1 N–H and O–H groups in total. The van der Waals surface area contributed by atoms with E-state index >= 15 is 0 Å². The second kappa shape index (κ2) is 7.36. The van der Waals surface area contributed by atoms with E-state index in [4.69, 9.17) is 4.74 Å². The number of nitrogens with one attached hydrogen (secondary N) is 1. The fourth-order valence-electron chi connectivity index (χ4n) is 2.60. The Morgan fingerprint density at radius 3 is 2.19 bits per heavy atom. The van der Waals surface area contributed by atoms with Crippen LogP contribution in [-0.2, 0) is 14.3 Å². The fraction of sp³-hybridized carbons (Fsp3) is 0.158. The van der Waals surface area contributed by atoms with Gasteiger partial charge in [-0.25, -0.2) is 4.39 Å². The average molecular weight is 370 g/mol. The summed E-state index contributed by atoms with van der Waals surface area (Å²) in [6, 6.07) is 11.8. The molecule has 0 saturated heterocycles. The van der Waals surface area contributed by atoms with Gasteiger partial charge in [0, 0.05) is 0 Å². The van der Waals surface area contributed by atoms with Crippen LogP contribution in [0.4, 0.5) is 10.1 Å². The zero-order valence-electron chi connectivity index (χ0n) is 14.3. The molecular formula is C19H15FN2O5. The Kier molecular flexibility index (Phi) is 4.98. The molecule has 0 unspecified atom stereocenters. The highest BCUT2D eigenvalue weighted by Crippen LogP contribution is 2.22. The standard InChI is InChI=1S/C19H15FN2O5/c1-11(17(24)21-15-9-5-4-8-14(15)20)27-16(23)10-22-18(25)12-6-2-3-7-13(12)19(22)26/h2-9,11H,10H2,1H3,(H,21,24)/t11-/m1/s1. The Morgan fingerprint density at radius 1 is 1.04 bits per heavy atom. The van der Waals surface area contributed by atoms with E-state index in [9.17, 15) is 23.6 Å². The van der Waals surface area contributed by atoms with E-state index in [0.29, 0.717) is 0 Å². The molecule has 2 aromatic carbocycles. The Bertz CT molecular complexity index is 908. The molecular weight excluding hydrogens is 355 g/mol. The van der Waals surface area contributed by atoms with Crippen LogP contribution in [0.1, 0.15) is 27.6 Å². The van der Waals surface area contributed by atoms with Gasteiger partial charge < -0.3 is 10.1 Å². The predicted molar refractivity (Wildman–Crippen MR) is 92.4 cm³/mol. The van der Waals surface area contributed by atoms with E-state index in [2.05, 4.69) is 5.32 Å². The van der Waals surface area contributed by atoms with Crippen LogP contribution in [0.2, 0.25) is 0 Å². The monoisotopic (exact) mass is 370 g/mol. The minimum Gasteiger partial charge on any atom is -0.451 e. The minimum absolute atomic E-state index is 0.0502. The van der Waals surface area contributed by atoms with Crippen molar-refractivity contribution in [2.75, 3.05) is 11.9 Å². The number of rotatable bonds is 5. The molecule has 0 fully saturated rings. The third-order valence-corrected chi connectivity index (χ3v) is 3.97. The van der Waals surface area contributed by atoms with Crippen LogP contribution in [0.25, 0.3) is 0 Å². The van der Waals surface area contributed by atoms with Gasteiger partial charge in [-0.05, 0) is 31.2 Å². The zero-order valence-corrected chi connectivity index (χ0v) is 14.3. The molecule has 138 valence electrons. The molecule has 27 heavy (non-hydrogen) atoms. The highest BCUT2D eigenvalue weighted by molar-refractivity contribution is 6.22. The molecule has 3 amide bonds. The minimum atomic E-state index is -1.24. The number of nitrogens with zero attached hydrogens (tertiary/aromatic N) is 1. The van der Waals surface area contributed by atoms with Gasteiger partial charge in [-0.1, -0.05) is 24.3 Å². The first kappa shape index (κ1) is 18.2. The van der Waals surface area contributed by atoms with Crippen LogP contribution >= 0.6 is 0 Å². The Morgan fingerprint density at radius 2 is 1.59 bits per heavy atom. The molecule has 0 spiro atoms. The summed E-state index contributed by atoms with van der Waals surface area (Å²) in [6.45, 7) is 0.681. The maximum absolute atomic E-state index is 13.6. The molecule has 3 rings (SSSR count). The van der Waals surface area contributed by atoms with E-state index in [1.807, 2.05) is 0 Å². The number of para-hydroxylation sites is 1. The number of hydrogen-bond acceptors (Lipinski definition) is 5. The first-order valence-electron chi connectivity index (χ1n) is 8.08. The summed E-state index contributed by atoms with van der Waals surface area (Å²) >= 11 is 0. The van der Waals surface area contributed by atoms with Gasteiger partial charge >= 0.3 is 5.97 Å². The number of halogens is 1. The molecule has 0 aliphatic carbocycles. The molecule has 8 heteroatoms. The maximum Gasteiger partial charge on any atom is 0.326 e. The van der Waals surface area contributed by atoms with Gasteiger partial charge in [0.1, 0.15) is 12.4 Å². The van der Waals surface area contributed by atoms with Crippen LogP contribution in [0.5, 0.6) is 0 Å². The Balaban J connectivity index is 1.59. The number of carbonyl (C=O) groups is 4. The number of fused-ring (bicyclic) bond motifs is 1. The Labute approximate surface area is 153 Å². The summed E-state index contributed by atoms with van der Waals surface area (Å²) in [5, 5.41) is 2.30. The van der Waals surface area contributed by atoms with E-state index in [-0.39, 0.29) is 16.8 Å². The van der Waals surface area contributed by atoms with E-state index in [1.165, 1.54) is 43.3 Å². The SMILES string of the molecule is C[C@@H](OC(=O)CN1C(=O)c2ccccc2C1=O)C(=O)Nc1ccccc1F. The number of carbonyl (C=O) groups excluding carboxylic acids is 4. The number of esters is 1. The molecule has 1 aliphatic rings. The number of hydrogen-bond donors (Lipinski definition) is 1. The van der Waals surface area contributed by atoms with Crippen molar-refractivity contribution in [1.29, 1.82) is 0 Å². The van der Waals surface area contributed by atoms with Gasteiger partial charge in [-0.3, -0.25) is 24.1 Å². The highest BCUT2D eigenvalue weighted by atomic mass is 19.1. The summed E-state index contributed by atoms with van der Waals surface area (Å²) < 4.78 is 18.5. The quantitative estimate of drug-likeness (QED) is 0.642. The van der Waals surface area contributed by atoms with Crippen molar-refractivity contribution in [3.8, 4) is 0 Å². The third-order valence-electron chi connectivity index (χ3n) is 3.97. The zero-order chi connectivity index (χ0) is 19.6. The Hall–Kier alpha value is -3.55. The maximum atomic E-state index is 13.6. The molecule has 0 bridgehead atoms. The number of imide groups is 1. The van der Waals surface area contributed by atoms with Crippen LogP contribution in [0.3, 0.4) is 0 Å². The lowest BCUT2D eigenvalue weighted by atomic mass is 10.1. The third kappa shape index (κ3) is 3.69. The van der Waals surface area contributed by atoms with Gasteiger partial charge in [0.05, 0.1) is 16.8 Å². The van der Waals surface area contributed by atoms with Gasteiger partial charge in [0.25, 0.3) is 17.7 Å². The summed E-state index contributed by atoms with van der Waals surface area (Å²) in [6.07, 6.45) is -1.24. The lowest BCUT2D eigenvalue weighted by Crippen LogP contribution is -2.38. The van der Waals surface area contributed by atoms with E-state index < -0.39 is 42.2 Å². The van der Waals surface area contributed by atoms with Crippen molar-refractivity contribution < 1.29 is 28.3 Å². The number of amides is 3. The largest absolute Gasteiger partial charge is 0.451 e. The highest BCUT2D eigenvalue weighted by Gasteiger charge is 2.37. The topological polar surface area (TPSA) is 92.8 Å². The second-order valence-corrected chi connectivity index (χ2v) is 5.84. The molecule has 0 aromatic heterocycles. The van der Waals surface area contributed by atoms with Crippen LogP contribution in [-0.4, -0.2) is 41.2 Å². The lowest BCUT2D eigenvalue weighted by Gasteiger charge is -2.17. The first-order chi connectivity index (χ1) is 12.9. The van der Waals surface area contributed by atoms with Gasteiger partial charge in [0.15, 0.2) is 6.10 Å². The van der Waals surface area contributed by atoms with Gasteiger partial charge in [-0.15, -0.1) is 0 Å². The normalized spacial score (nSPS) is 13.9. The number of anilines is 1. The van der Waals surface area contributed by atoms with Crippen molar-refractivity contribution in [3.05, 3.63) is 65.5 Å². The van der Waals surface area contributed by atoms with Crippen LogP contribution in [0.15, 0.2) is 48.5 Å². The lowest BCUT2D eigenvalue weighted by molar-refractivity contribution is -0.153. The average Bonchev–Trinajstić information content (AvgIpc) is 2.89. The van der Waals surface area contributed by atoms with Crippen molar-refractivity contribution in [3.63, 3.8) is 0 Å². The van der Waals surface area contributed by atoms with Crippen molar-refractivity contribution >= 4 is 29.4 Å². The summed E-state index contributed by atoms with van der Waals surface area (Å²) in [5.74, 6) is -3.50. The summed E-state index contributed by atoms with van der Waals surface area (Å²) in [4.78, 5) is 49.3. The summed E-state index contributed by atoms with van der Waals surface area (Å²) in [5.41, 5.74) is 0.368. The summed E-state index contributed by atoms with van der Waals surface area (Å²) in [7, 11) is 0. The van der Waals surface area contributed by atoms with Crippen LogP contribution < -0.4 is 5.32 Å². The fourth-order valence-corrected chi connectivity index (χ4v) is 2.60. The van der Waals surface area contributed by atoms with Crippen LogP contribution in [0, 0.1) is 5.82 Å². The molecule has 1 heterocycles. The van der Waals surface area contributed by atoms with Gasteiger partial charge in [-0.2, -0.15) is 0 Å². The molecule has 0 saturated carbocycles.